The summed E-state index contributed by atoms with van der Waals surface area (Å²) in [4.78, 5) is 12.1. The first-order valence-corrected chi connectivity index (χ1v) is 18.1. The van der Waals surface area contributed by atoms with E-state index in [-0.39, 0.29) is 5.97 Å². The molecule has 0 saturated carbocycles. The van der Waals surface area contributed by atoms with Crippen LogP contribution in [-0.4, -0.2) is 90.6 Å². The zero-order valence-electron chi connectivity index (χ0n) is 30.2. The van der Waals surface area contributed by atoms with E-state index in [4.69, 9.17) is 14.2 Å². The molecular weight excluding hydrogens is 548 g/mol. The van der Waals surface area contributed by atoms with Crippen LogP contribution in [0.25, 0.3) is 0 Å². The Labute approximate surface area is 273 Å². The number of hydrogen-bond donors (Lipinski definition) is 0. The molecule has 0 amide bonds. The second kappa shape index (κ2) is 24.4. The van der Waals surface area contributed by atoms with Crippen LogP contribution in [0.5, 0.6) is 11.5 Å². The van der Waals surface area contributed by atoms with Gasteiger partial charge >= 0.3 is 5.97 Å². The molecule has 0 fully saturated rings. The lowest BCUT2D eigenvalue weighted by atomic mass is 10.1. The van der Waals surface area contributed by atoms with E-state index in [0.717, 1.165) is 27.6 Å². The molecule has 0 aliphatic rings. The summed E-state index contributed by atoms with van der Waals surface area (Å²) in [5.41, 5.74) is 0.501. The number of nitrogens with zero attached hydrogens (tertiary/aromatic N) is 2. The van der Waals surface area contributed by atoms with Gasteiger partial charge in [-0.3, -0.25) is 0 Å². The number of benzene rings is 1. The van der Waals surface area contributed by atoms with Crippen LogP contribution in [0.2, 0.25) is 0 Å². The van der Waals surface area contributed by atoms with E-state index in [0.29, 0.717) is 24.5 Å². The average molecular weight is 621 g/mol. The number of methoxy groups -OCH3 is 1. The summed E-state index contributed by atoms with van der Waals surface area (Å²) in [6.45, 7) is 3.88. The topological polar surface area (TPSA) is 44.8 Å². The van der Waals surface area contributed by atoms with Crippen molar-refractivity contribution in [1.29, 1.82) is 0 Å². The average Bonchev–Trinajstić information content (AvgIpc) is 2.96. The molecule has 1 aromatic rings. The number of carbonyl (C=O) groups excluding carboxylic acids is 1. The van der Waals surface area contributed by atoms with Gasteiger partial charge in [0, 0.05) is 0 Å². The monoisotopic (exact) mass is 621 g/mol. The normalized spacial score (nSPS) is 12.0. The first kappa shape index (κ1) is 40.2. The fourth-order valence-corrected chi connectivity index (χ4v) is 5.55. The molecule has 0 N–H and O–H groups in total. The van der Waals surface area contributed by atoms with Gasteiger partial charge in [-0.15, -0.1) is 0 Å². The standard InChI is InChI=1S/C38H72N2O4/c1-39(2,3)30-24-20-16-12-8-10-14-18-22-26-32-43-36-29-28-35(38(41)42-7)34-37(36)44-33-27-23-19-15-11-9-13-17-21-25-31-40(4,5)6/h28-29,34H,8-27,30-33H2,1-7H3/q+2. The molecule has 6 nitrogen and oxygen atoms in total. The third-order valence-corrected chi connectivity index (χ3v) is 8.33. The lowest BCUT2D eigenvalue weighted by molar-refractivity contribution is -0.870. The maximum absolute atomic E-state index is 12.1. The zero-order valence-corrected chi connectivity index (χ0v) is 30.2. The Kier molecular flexibility index (Phi) is 22.4. The minimum Gasteiger partial charge on any atom is -0.490 e. The van der Waals surface area contributed by atoms with E-state index in [2.05, 4.69) is 42.3 Å². The van der Waals surface area contributed by atoms with Crippen LogP contribution in [0.4, 0.5) is 0 Å². The third-order valence-electron chi connectivity index (χ3n) is 8.33. The molecule has 0 radical (unpaired) electrons. The van der Waals surface area contributed by atoms with Crippen LogP contribution in [0.15, 0.2) is 18.2 Å². The van der Waals surface area contributed by atoms with Crippen molar-refractivity contribution in [2.75, 3.05) is 75.7 Å². The van der Waals surface area contributed by atoms with E-state index >= 15 is 0 Å². The molecule has 6 heteroatoms. The van der Waals surface area contributed by atoms with Gasteiger partial charge < -0.3 is 23.2 Å². The fourth-order valence-electron chi connectivity index (χ4n) is 5.55. The van der Waals surface area contributed by atoms with Crippen LogP contribution < -0.4 is 9.47 Å². The lowest BCUT2D eigenvalue weighted by Crippen LogP contribution is -2.35. The fraction of sp³-hybridized carbons (Fsp3) is 0.816. The summed E-state index contributed by atoms with van der Waals surface area (Å²) in [6, 6.07) is 5.38. The SMILES string of the molecule is COC(=O)c1ccc(OCCCCCCCCCCCC[N+](C)(C)C)c(OCCCCCCCCCCCC[N+](C)(C)C)c1. The molecule has 0 aliphatic heterocycles. The molecule has 44 heavy (non-hydrogen) atoms. The number of esters is 1. The molecule has 1 rings (SSSR count). The van der Waals surface area contributed by atoms with E-state index < -0.39 is 0 Å². The van der Waals surface area contributed by atoms with Crippen molar-refractivity contribution in [3.63, 3.8) is 0 Å². The van der Waals surface area contributed by atoms with Crippen molar-refractivity contribution in [2.24, 2.45) is 0 Å². The largest absolute Gasteiger partial charge is 0.490 e. The van der Waals surface area contributed by atoms with E-state index in [9.17, 15) is 4.79 Å². The van der Waals surface area contributed by atoms with Gasteiger partial charge in [0.2, 0.25) is 0 Å². The van der Waals surface area contributed by atoms with Crippen molar-refractivity contribution in [1.82, 2.24) is 0 Å². The predicted molar refractivity (Wildman–Crippen MR) is 187 cm³/mol. The van der Waals surface area contributed by atoms with Gasteiger partial charge in [0.1, 0.15) is 0 Å². The highest BCUT2D eigenvalue weighted by molar-refractivity contribution is 5.90. The van der Waals surface area contributed by atoms with Crippen LogP contribution >= 0.6 is 0 Å². The van der Waals surface area contributed by atoms with E-state index in [1.165, 1.54) is 136 Å². The number of hydrogen-bond acceptors (Lipinski definition) is 4. The Morgan fingerprint density at radius 3 is 1.20 bits per heavy atom. The molecule has 0 heterocycles. The van der Waals surface area contributed by atoms with Gasteiger partial charge in [0.05, 0.1) is 81.3 Å². The van der Waals surface area contributed by atoms with Gasteiger partial charge in [0.15, 0.2) is 11.5 Å². The van der Waals surface area contributed by atoms with Crippen molar-refractivity contribution >= 4 is 5.97 Å². The van der Waals surface area contributed by atoms with Crippen molar-refractivity contribution in [3.8, 4) is 11.5 Å². The Hall–Kier alpha value is -1.79. The molecule has 256 valence electrons. The Morgan fingerprint density at radius 2 is 0.841 bits per heavy atom. The maximum atomic E-state index is 12.1. The van der Waals surface area contributed by atoms with Gasteiger partial charge in [-0.2, -0.15) is 0 Å². The number of carbonyl (C=O) groups is 1. The van der Waals surface area contributed by atoms with Crippen LogP contribution in [0, 0.1) is 0 Å². The molecule has 0 aromatic heterocycles. The van der Waals surface area contributed by atoms with Crippen LogP contribution in [-0.2, 0) is 4.74 Å². The molecule has 0 spiro atoms. The third kappa shape index (κ3) is 23.6. The predicted octanol–water partition coefficient (Wildman–Crippen LogP) is 9.45. The molecule has 1 aromatic carbocycles. The van der Waals surface area contributed by atoms with Crippen molar-refractivity contribution < 1.29 is 28.0 Å². The van der Waals surface area contributed by atoms with E-state index in [1.54, 1.807) is 12.1 Å². The highest BCUT2D eigenvalue weighted by atomic mass is 16.5. The first-order valence-electron chi connectivity index (χ1n) is 18.1. The quantitative estimate of drug-likeness (QED) is 0.0508. The lowest BCUT2D eigenvalue weighted by Gasteiger charge is -2.23. The molecule has 0 bridgehead atoms. The van der Waals surface area contributed by atoms with E-state index in [1.807, 2.05) is 6.07 Å². The van der Waals surface area contributed by atoms with Gasteiger partial charge in [-0.25, -0.2) is 4.79 Å². The Morgan fingerprint density at radius 1 is 0.500 bits per heavy atom. The number of unbranched alkanes of at least 4 members (excludes halogenated alkanes) is 18. The highest BCUT2D eigenvalue weighted by Crippen LogP contribution is 2.29. The molecule has 0 aliphatic carbocycles. The van der Waals surface area contributed by atoms with Crippen molar-refractivity contribution in [2.45, 2.75) is 128 Å². The van der Waals surface area contributed by atoms with Crippen molar-refractivity contribution in [3.05, 3.63) is 23.8 Å². The number of quaternary nitrogens is 2. The smallest absolute Gasteiger partial charge is 0.337 e. The first-order chi connectivity index (χ1) is 21.0. The minimum atomic E-state index is -0.348. The van der Waals surface area contributed by atoms with Crippen LogP contribution in [0.3, 0.4) is 0 Å². The highest BCUT2D eigenvalue weighted by Gasteiger charge is 2.12. The summed E-state index contributed by atoms with van der Waals surface area (Å²) in [5.74, 6) is 1.03. The minimum absolute atomic E-state index is 0.348. The maximum Gasteiger partial charge on any atom is 0.337 e. The van der Waals surface area contributed by atoms with Gasteiger partial charge in [-0.05, 0) is 56.7 Å². The summed E-state index contributed by atoms with van der Waals surface area (Å²) < 4.78 is 19.3. The van der Waals surface area contributed by atoms with Gasteiger partial charge in [0.25, 0.3) is 0 Å². The Balaban J connectivity index is 2.18. The second-order valence-corrected chi connectivity index (χ2v) is 14.9. The molecule has 0 unspecified atom stereocenters. The summed E-state index contributed by atoms with van der Waals surface area (Å²) in [5, 5.41) is 0. The van der Waals surface area contributed by atoms with Crippen LogP contribution in [0.1, 0.15) is 139 Å². The molecule has 0 saturated heterocycles. The summed E-state index contributed by atoms with van der Waals surface area (Å²) in [6.07, 6.45) is 25.9. The summed E-state index contributed by atoms with van der Waals surface area (Å²) in [7, 11) is 15.1. The molecular formula is C38H72N2O4+2. The second-order valence-electron chi connectivity index (χ2n) is 14.9. The molecule has 0 atom stereocenters. The Bertz CT molecular complexity index is 844. The summed E-state index contributed by atoms with van der Waals surface area (Å²) >= 11 is 0. The number of ether oxygens (including phenoxy) is 3. The zero-order chi connectivity index (χ0) is 32.5. The number of rotatable bonds is 29. The van der Waals surface area contributed by atoms with Gasteiger partial charge in [-0.1, -0.05) is 89.9 Å².